The molecule has 1 atom stereocenters. The minimum absolute atomic E-state index is 0.465. The van der Waals surface area contributed by atoms with Gasteiger partial charge in [0, 0.05) is 31.5 Å². The molecule has 0 bridgehead atoms. The molecule has 19 heavy (non-hydrogen) atoms. The number of nitrogens with two attached hydrogens (primary N) is 1. The lowest BCUT2D eigenvalue weighted by Gasteiger charge is -2.28. The molecule has 1 aromatic rings. The summed E-state index contributed by atoms with van der Waals surface area (Å²) in [6.45, 7) is 4.89. The van der Waals surface area contributed by atoms with Gasteiger partial charge < -0.3 is 15.4 Å². The Morgan fingerprint density at radius 2 is 2.32 bits per heavy atom. The van der Waals surface area contributed by atoms with Crippen LogP contribution in [0.4, 0.5) is 5.69 Å². The molecule has 0 saturated carbocycles. The van der Waals surface area contributed by atoms with Gasteiger partial charge in [0.25, 0.3) is 0 Å². The quantitative estimate of drug-likeness (QED) is 0.859. The highest BCUT2D eigenvalue weighted by Crippen LogP contribution is 2.21. The number of benzene rings is 1. The third-order valence-corrected chi connectivity index (χ3v) is 3.92. The molecule has 0 aliphatic carbocycles. The van der Waals surface area contributed by atoms with Crippen molar-refractivity contribution < 1.29 is 4.74 Å². The maximum absolute atomic E-state index is 5.69. The molecule has 4 heteroatoms. The highest BCUT2D eigenvalue weighted by molar-refractivity contribution is 7.80. The first-order chi connectivity index (χ1) is 9.08. The zero-order chi connectivity index (χ0) is 13.8. The molecule has 0 aromatic heterocycles. The Bertz CT molecular complexity index is 455. The van der Waals surface area contributed by atoms with Gasteiger partial charge in [-0.05, 0) is 49.4 Å². The van der Waals surface area contributed by atoms with Crippen molar-refractivity contribution in [3.05, 3.63) is 29.3 Å². The highest BCUT2D eigenvalue weighted by Gasteiger charge is 2.16. The van der Waals surface area contributed by atoms with Crippen LogP contribution in [0.15, 0.2) is 18.2 Å². The van der Waals surface area contributed by atoms with Gasteiger partial charge in [-0.15, -0.1) is 0 Å². The first-order valence-electron chi connectivity index (χ1n) is 6.77. The summed E-state index contributed by atoms with van der Waals surface area (Å²) < 4.78 is 5.53. The number of aryl methyl sites for hydroxylation is 1. The topological polar surface area (TPSA) is 38.5 Å². The van der Waals surface area contributed by atoms with Gasteiger partial charge in [0.1, 0.15) is 4.99 Å². The number of anilines is 1. The Morgan fingerprint density at radius 1 is 1.53 bits per heavy atom. The maximum Gasteiger partial charge on any atom is 0.104 e. The Labute approximate surface area is 120 Å². The van der Waals surface area contributed by atoms with Crippen molar-refractivity contribution in [3.8, 4) is 0 Å². The average Bonchev–Trinajstić information content (AvgIpc) is 2.39. The minimum Gasteiger partial charge on any atom is -0.389 e. The Hall–Kier alpha value is -1.13. The standard InChI is InChI=1S/C15H22N2OS/c1-11-8-13(5-6-14(11)15(16)19)17(2)9-12-4-3-7-18-10-12/h5-6,8,12H,3-4,7,9-10H2,1-2H3,(H2,16,19). The summed E-state index contributed by atoms with van der Waals surface area (Å²) in [7, 11) is 2.13. The SMILES string of the molecule is Cc1cc(N(C)CC2CCCOC2)ccc1C(N)=S. The van der Waals surface area contributed by atoms with E-state index in [9.17, 15) is 0 Å². The predicted octanol–water partition coefficient (Wildman–Crippen LogP) is 2.49. The fourth-order valence-corrected chi connectivity index (χ4v) is 2.83. The van der Waals surface area contributed by atoms with Crippen LogP contribution < -0.4 is 10.6 Å². The van der Waals surface area contributed by atoms with Crippen LogP contribution in [0.2, 0.25) is 0 Å². The number of ether oxygens (including phenoxy) is 1. The molecule has 0 amide bonds. The Kier molecular flexibility index (Phi) is 4.77. The smallest absolute Gasteiger partial charge is 0.104 e. The van der Waals surface area contributed by atoms with Crippen molar-refractivity contribution in [1.82, 2.24) is 0 Å². The lowest BCUT2D eigenvalue weighted by molar-refractivity contribution is 0.0576. The molecular formula is C15H22N2OS. The van der Waals surface area contributed by atoms with Crippen molar-refractivity contribution in [1.29, 1.82) is 0 Å². The summed E-state index contributed by atoms with van der Waals surface area (Å²) in [5, 5.41) is 0. The molecule has 1 aliphatic rings. The molecule has 1 saturated heterocycles. The molecule has 1 aromatic carbocycles. The summed E-state index contributed by atoms with van der Waals surface area (Å²) in [6.07, 6.45) is 2.44. The van der Waals surface area contributed by atoms with Crippen LogP contribution in [0, 0.1) is 12.8 Å². The molecule has 1 aliphatic heterocycles. The zero-order valence-corrected chi connectivity index (χ0v) is 12.5. The molecule has 0 radical (unpaired) electrons. The monoisotopic (exact) mass is 278 g/mol. The van der Waals surface area contributed by atoms with Crippen molar-refractivity contribution in [2.45, 2.75) is 19.8 Å². The van der Waals surface area contributed by atoms with Gasteiger partial charge in [-0.1, -0.05) is 12.2 Å². The molecule has 1 fully saturated rings. The normalized spacial score (nSPS) is 19.2. The van der Waals surface area contributed by atoms with E-state index in [-0.39, 0.29) is 0 Å². The first-order valence-corrected chi connectivity index (χ1v) is 7.18. The van der Waals surface area contributed by atoms with Crippen LogP contribution in [-0.2, 0) is 4.74 Å². The largest absolute Gasteiger partial charge is 0.389 e. The number of nitrogens with zero attached hydrogens (tertiary/aromatic N) is 1. The Balaban J connectivity index is 2.04. The van der Waals surface area contributed by atoms with Crippen LogP contribution in [0.3, 0.4) is 0 Å². The van der Waals surface area contributed by atoms with E-state index >= 15 is 0 Å². The van der Waals surface area contributed by atoms with E-state index < -0.39 is 0 Å². The van der Waals surface area contributed by atoms with E-state index in [0.29, 0.717) is 10.9 Å². The van der Waals surface area contributed by atoms with Crippen LogP contribution >= 0.6 is 12.2 Å². The summed E-state index contributed by atoms with van der Waals surface area (Å²) >= 11 is 5.04. The van der Waals surface area contributed by atoms with E-state index in [1.807, 2.05) is 6.07 Å². The van der Waals surface area contributed by atoms with E-state index in [0.717, 1.165) is 30.9 Å². The number of hydrogen-bond donors (Lipinski definition) is 1. The predicted molar refractivity (Wildman–Crippen MR) is 83.9 cm³/mol. The molecule has 1 heterocycles. The third kappa shape index (κ3) is 3.67. The van der Waals surface area contributed by atoms with E-state index in [1.54, 1.807) is 0 Å². The van der Waals surface area contributed by atoms with E-state index in [2.05, 4.69) is 31.0 Å². The average molecular weight is 278 g/mol. The van der Waals surface area contributed by atoms with Gasteiger partial charge in [0.2, 0.25) is 0 Å². The second kappa shape index (κ2) is 6.35. The van der Waals surface area contributed by atoms with Crippen LogP contribution in [-0.4, -0.2) is 31.8 Å². The molecule has 3 nitrogen and oxygen atoms in total. The maximum atomic E-state index is 5.69. The molecule has 2 rings (SSSR count). The molecule has 2 N–H and O–H groups in total. The van der Waals surface area contributed by atoms with Gasteiger partial charge >= 0.3 is 0 Å². The number of hydrogen-bond acceptors (Lipinski definition) is 3. The zero-order valence-electron chi connectivity index (χ0n) is 11.7. The molecule has 0 spiro atoms. The van der Waals surface area contributed by atoms with E-state index in [1.165, 1.54) is 18.5 Å². The summed E-state index contributed by atoms with van der Waals surface area (Å²) in [5.74, 6) is 0.634. The molecule has 1 unspecified atom stereocenters. The summed E-state index contributed by atoms with van der Waals surface area (Å²) in [5.41, 5.74) is 9.00. The van der Waals surface area contributed by atoms with Gasteiger partial charge in [-0.2, -0.15) is 0 Å². The minimum atomic E-state index is 0.465. The lowest BCUT2D eigenvalue weighted by atomic mass is 10.0. The Morgan fingerprint density at radius 3 is 2.89 bits per heavy atom. The fourth-order valence-electron chi connectivity index (χ4n) is 2.61. The van der Waals surface area contributed by atoms with Crippen molar-refractivity contribution in [3.63, 3.8) is 0 Å². The summed E-state index contributed by atoms with van der Waals surface area (Å²) in [6, 6.07) is 6.25. The second-order valence-electron chi connectivity index (χ2n) is 5.33. The lowest BCUT2D eigenvalue weighted by Crippen LogP contribution is -2.30. The van der Waals surface area contributed by atoms with Gasteiger partial charge in [-0.3, -0.25) is 0 Å². The first kappa shape index (κ1) is 14.3. The highest BCUT2D eigenvalue weighted by atomic mass is 32.1. The van der Waals surface area contributed by atoms with Crippen molar-refractivity contribution >= 4 is 22.9 Å². The van der Waals surface area contributed by atoms with Gasteiger partial charge in [0.15, 0.2) is 0 Å². The second-order valence-corrected chi connectivity index (χ2v) is 5.77. The summed E-state index contributed by atoms with van der Waals surface area (Å²) in [4.78, 5) is 2.75. The number of rotatable bonds is 4. The number of thiocarbonyl (C=S) groups is 1. The van der Waals surface area contributed by atoms with Crippen molar-refractivity contribution in [2.75, 3.05) is 31.7 Å². The van der Waals surface area contributed by atoms with Gasteiger partial charge in [-0.25, -0.2) is 0 Å². The van der Waals surface area contributed by atoms with Crippen LogP contribution in [0.5, 0.6) is 0 Å². The van der Waals surface area contributed by atoms with Crippen LogP contribution in [0.25, 0.3) is 0 Å². The third-order valence-electron chi connectivity index (χ3n) is 3.70. The van der Waals surface area contributed by atoms with Crippen LogP contribution in [0.1, 0.15) is 24.0 Å². The fraction of sp³-hybridized carbons (Fsp3) is 0.533. The van der Waals surface area contributed by atoms with Crippen molar-refractivity contribution in [2.24, 2.45) is 11.7 Å². The van der Waals surface area contributed by atoms with E-state index in [4.69, 9.17) is 22.7 Å². The molecular weight excluding hydrogens is 256 g/mol. The molecule has 104 valence electrons. The van der Waals surface area contributed by atoms with Gasteiger partial charge in [0.05, 0.1) is 6.61 Å².